The third kappa shape index (κ3) is 9.73. The highest BCUT2D eigenvalue weighted by atomic mass is 16.3. The molecular formula is C12H26N2O. The maximum Gasteiger partial charge on any atom is 0.120 e. The lowest BCUT2D eigenvalue weighted by atomic mass is 10.1. The van der Waals surface area contributed by atoms with Crippen LogP contribution in [-0.2, 0) is 0 Å². The second-order valence-corrected chi connectivity index (χ2v) is 4.23. The van der Waals surface area contributed by atoms with Gasteiger partial charge < -0.3 is 10.8 Å². The Morgan fingerprint density at radius 2 is 1.53 bits per heavy atom. The van der Waals surface area contributed by atoms with E-state index in [1.165, 1.54) is 38.5 Å². The minimum Gasteiger partial charge on any atom is -0.385 e. The molecule has 0 aliphatic rings. The minimum absolute atomic E-state index is 0.0991. The van der Waals surface area contributed by atoms with E-state index in [1.54, 1.807) is 0 Å². The van der Waals surface area contributed by atoms with Crippen LogP contribution < -0.4 is 5.73 Å². The molecule has 0 saturated heterocycles. The van der Waals surface area contributed by atoms with Gasteiger partial charge in [-0.25, -0.2) is 0 Å². The molecule has 90 valence electrons. The lowest BCUT2D eigenvalue weighted by Gasteiger charge is -2.07. The van der Waals surface area contributed by atoms with Gasteiger partial charge in [-0.05, 0) is 6.42 Å². The molecule has 0 bridgehead atoms. The van der Waals surface area contributed by atoms with Crippen LogP contribution in [0.15, 0.2) is 0 Å². The lowest BCUT2D eigenvalue weighted by Crippen LogP contribution is -2.27. The summed E-state index contributed by atoms with van der Waals surface area (Å²) in [5, 5.41) is 16.3. The van der Waals surface area contributed by atoms with Gasteiger partial charge in [0.25, 0.3) is 0 Å². The average Bonchev–Trinajstić information content (AvgIpc) is 2.21. The summed E-state index contributed by atoms with van der Waals surface area (Å²) < 4.78 is 0. The van der Waals surface area contributed by atoms with Crippen molar-refractivity contribution in [1.82, 2.24) is 0 Å². The molecule has 1 unspecified atom stereocenters. The molecule has 4 N–H and O–H groups in total. The third-order valence-corrected chi connectivity index (χ3v) is 2.69. The number of nitrogens with one attached hydrogen (secondary N) is 1. The predicted molar refractivity (Wildman–Crippen MR) is 65.1 cm³/mol. The first-order chi connectivity index (χ1) is 7.18. The molecular weight excluding hydrogens is 188 g/mol. The van der Waals surface area contributed by atoms with Gasteiger partial charge in [-0.15, -0.1) is 0 Å². The van der Waals surface area contributed by atoms with Gasteiger partial charge in [0.2, 0.25) is 0 Å². The van der Waals surface area contributed by atoms with E-state index in [2.05, 4.69) is 6.92 Å². The van der Waals surface area contributed by atoms with Crippen molar-refractivity contribution in [3.63, 3.8) is 0 Å². The van der Waals surface area contributed by atoms with Crippen molar-refractivity contribution < 1.29 is 5.11 Å². The fraction of sp³-hybridized carbons (Fsp3) is 0.917. The van der Waals surface area contributed by atoms with Gasteiger partial charge in [-0.2, -0.15) is 0 Å². The van der Waals surface area contributed by atoms with Gasteiger partial charge in [0, 0.05) is 0 Å². The predicted octanol–water partition coefficient (Wildman–Crippen LogP) is 2.81. The maximum absolute atomic E-state index is 9.25. The summed E-state index contributed by atoms with van der Waals surface area (Å²) in [6.07, 6.45) is 9.94. The quantitative estimate of drug-likeness (QED) is 0.297. The largest absolute Gasteiger partial charge is 0.385 e. The normalized spacial score (nSPS) is 12.7. The van der Waals surface area contributed by atoms with Crippen molar-refractivity contribution in [2.75, 3.05) is 0 Å². The van der Waals surface area contributed by atoms with E-state index in [1.807, 2.05) is 0 Å². The van der Waals surface area contributed by atoms with Crippen LogP contribution in [0.25, 0.3) is 0 Å². The molecule has 0 aromatic rings. The number of amidine groups is 1. The Morgan fingerprint density at radius 1 is 1.07 bits per heavy atom. The highest BCUT2D eigenvalue weighted by Gasteiger charge is 2.05. The molecule has 0 rings (SSSR count). The number of hydrogen-bond acceptors (Lipinski definition) is 2. The van der Waals surface area contributed by atoms with E-state index in [9.17, 15) is 5.11 Å². The standard InChI is InChI=1S/C12H26N2O/c1-2-3-4-5-6-7-8-9-10-11(15)12(13)14/h11,15H,2-10H2,1H3,(H3,13,14). The van der Waals surface area contributed by atoms with Crippen LogP contribution in [0.1, 0.15) is 64.7 Å². The zero-order valence-corrected chi connectivity index (χ0v) is 9.97. The Kier molecular flexibility index (Phi) is 9.59. The molecule has 1 atom stereocenters. The molecule has 0 saturated carbocycles. The van der Waals surface area contributed by atoms with Gasteiger partial charge >= 0.3 is 0 Å². The number of hydrogen-bond donors (Lipinski definition) is 3. The first kappa shape index (κ1) is 14.4. The second-order valence-electron chi connectivity index (χ2n) is 4.23. The Bertz CT molecular complexity index is 160. The van der Waals surface area contributed by atoms with Crippen molar-refractivity contribution in [3.05, 3.63) is 0 Å². The first-order valence-corrected chi connectivity index (χ1v) is 6.20. The molecule has 15 heavy (non-hydrogen) atoms. The molecule has 0 aliphatic carbocycles. The highest BCUT2D eigenvalue weighted by molar-refractivity contribution is 5.81. The van der Waals surface area contributed by atoms with Crippen LogP contribution in [0.2, 0.25) is 0 Å². The van der Waals surface area contributed by atoms with E-state index in [-0.39, 0.29) is 5.84 Å². The fourth-order valence-corrected chi connectivity index (χ4v) is 1.63. The maximum atomic E-state index is 9.25. The second kappa shape index (κ2) is 9.97. The lowest BCUT2D eigenvalue weighted by molar-refractivity contribution is 0.223. The van der Waals surface area contributed by atoms with E-state index in [4.69, 9.17) is 11.1 Å². The number of aliphatic hydroxyl groups excluding tert-OH is 1. The number of aliphatic hydroxyl groups is 1. The Labute approximate surface area is 93.6 Å². The van der Waals surface area contributed by atoms with Crippen LogP contribution >= 0.6 is 0 Å². The average molecular weight is 214 g/mol. The smallest absolute Gasteiger partial charge is 0.120 e. The summed E-state index contributed by atoms with van der Waals surface area (Å²) in [6, 6.07) is 0. The molecule has 0 spiro atoms. The van der Waals surface area contributed by atoms with Gasteiger partial charge in [-0.3, -0.25) is 5.41 Å². The van der Waals surface area contributed by atoms with Crippen LogP contribution in [-0.4, -0.2) is 17.0 Å². The van der Waals surface area contributed by atoms with Crippen LogP contribution in [0, 0.1) is 5.41 Å². The van der Waals surface area contributed by atoms with E-state index >= 15 is 0 Å². The molecule has 0 heterocycles. The summed E-state index contributed by atoms with van der Waals surface area (Å²) in [5.74, 6) is -0.0991. The highest BCUT2D eigenvalue weighted by Crippen LogP contribution is 2.10. The number of unbranched alkanes of at least 4 members (excludes halogenated alkanes) is 7. The minimum atomic E-state index is -0.718. The van der Waals surface area contributed by atoms with E-state index in [0.29, 0.717) is 6.42 Å². The van der Waals surface area contributed by atoms with Crippen molar-refractivity contribution >= 4 is 5.84 Å². The fourth-order valence-electron chi connectivity index (χ4n) is 1.63. The monoisotopic (exact) mass is 214 g/mol. The van der Waals surface area contributed by atoms with Crippen molar-refractivity contribution in [1.29, 1.82) is 5.41 Å². The molecule has 0 amide bonds. The first-order valence-electron chi connectivity index (χ1n) is 6.20. The zero-order valence-electron chi connectivity index (χ0n) is 9.97. The molecule has 0 fully saturated rings. The Balaban J connectivity index is 3.08. The molecule has 0 aliphatic heterocycles. The van der Waals surface area contributed by atoms with E-state index < -0.39 is 6.10 Å². The molecule has 0 radical (unpaired) electrons. The van der Waals surface area contributed by atoms with Crippen molar-refractivity contribution in [3.8, 4) is 0 Å². The van der Waals surface area contributed by atoms with Crippen molar-refractivity contribution in [2.24, 2.45) is 5.73 Å². The molecule has 3 nitrogen and oxygen atoms in total. The Hall–Kier alpha value is -0.570. The topological polar surface area (TPSA) is 70.1 Å². The van der Waals surface area contributed by atoms with Crippen LogP contribution in [0.5, 0.6) is 0 Å². The Morgan fingerprint density at radius 3 is 2.00 bits per heavy atom. The molecule has 0 aromatic carbocycles. The van der Waals surface area contributed by atoms with Gasteiger partial charge in [0.1, 0.15) is 11.9 Å². The molecule has 3 heteroatoms. The summed E-state index contributed by atoms with van der Waals surface area (Å²) in [6.45, 7) is 2.23. The van der Waals surface area contributed by atoms with Crippen LogP contribution in [0.4, 0.5) is 0 Å². The summed E-state index contributed by atoms with van der Waals surface area (Å²) in [7, 11) is 0. The summed E-state index contributed by atoms with van der Waals surface area (Å²) >= 11 is 0. The SMILES string of the molecule is CCCCCCCCCCC(O)C(=N)N. The van der Waals surface area contributed by atoms with E-state index in [0.717, 1.165) is 12.8 Å². The summed E-state index contributed by atoms with van der Waals surface area (Å²) in [4.78, 5) is 0. The number of rotatable bonds is 10. The van der Waals surface area contributed by atoms with Crippen molar-refractivity contribution in [2.45, 2.75) is 70.8 Å². The zero-order chi connectivity index (χ0) is 11.5. The summed E-state index contributed by atoms with van der Waals surface area (Å²) in [5.41, 5.74) is 5.17. The van der Waals surface area contributed by atoms with Crippen LogP contribution in [0.3, 0.4) is 0 Å². The molecule has 0 aromatic heterocycles. The van der Waals surface area contributed by atoms with Gasteiger partial charge in [0.05, 0.1) is 0 Å². The van der Waals surface area contributed by atoms with Gasteiger partial charge in [0.15, 0.2) is 0 Å². The number of nitrogens with two attached hydrogens (primary N) is 1. The third-order valence-electron chi connectivity index (χ3n) is 2.69. The van der Waals surface area contributed by atoms with Gasteiger partial charge in [-0.1, -0.05) is 58.3 Å².